The van der Waals surface area contributed by atoms with Gasteiger partial charge >= 0.3 is 0 Å². The largest absolute Gasteiger partial charge is 0.414 e. The van der Waals surface area contributed by atoms with Crippen LogP contribution >= 0.6 is 0 Å². The van der Waals surface area contributed by atoms with Gasteiger partial charge in [0.25, 0.3) is 5.56 Å². The Bertz CT molecular complexity index is 1510. The van der Waals surface area contributed by atoms with E-state index in [0.717, 1.165) is 5.69 Å². The Balaban J connectivity index is 2.20. The highest BCUT2D eigenvalue weighted by atomic mass is 28.4. The van der Waals surface area contributed by atoms with Crippen molar-refractivity contribution in [2.75, 3.05) is 6.61 Å². The molecule has 1 fully saturated rings. The van der Waals surface area contributed by atoms with Gasteiger partial charge in [0, 0.05) is 5.69 Å². The molecule has 1 aliphatic heterocycles. The summed E-state index contributed by atoms with van der Waals surface area (Å²) in [5.74, 6) is 0. The Hall–Kier alpha value is -0.912. The molecule has 9 nitrogen and oxygen atoms in total. The van der Waals surface area contributed by atoms with Gasteiger partial charge in [0.15, 0.2) is 45.0 Å². The Morgan fingerprint density at radius 1 is 0.714 bits per heavy atom. The molecule has 49 heavy (non-hydrogen) atoms. The van der Waals surface area contributed by atoms with Gasteiger partial charge in [0.2, 0.25) is 0 Å². The second-order valence-corrected chi connectivity index (χ2v) is 39.5. The highest BCUT2D eigenvalue weighted by Crippen LogP contribution is 2.47. The second-order valence-electron chi connectivity index (χ2n) is 20.4. The summed E-state index contributed by atoms with van der Waals surface area (Å²) in [6.45, 7) is 45.8. The summed E-state index contributed by atoms with van der Waals surface area (Å²) in [6, 6.07) is 1.99. The van der Waals surface area contributed by atoms with Crippen LogP contribution in [-0.2, 0) is 29.0 Å². The SMILES string of the molecule is CC(C)(C)[Si](C)(C)OCc1cc2c(ncn2[C@@H]2O[C@H](CO[Si](C)(C)C(C)(C)C)[C@@H](O[Si](C)(C)C(C)(C)C)[C@H]2O[Si](C)(C)C(C)(C)C)c(=O)[nH]1. The number of hydrogen-bond acceptors (Lipinski definition) is 7. The van der Waals surface area contributed by atoms with Crippen LogP contribution in [-0.4, -0.2) is 72.7 Å². The number of ether oxygens (including phenoxy) is 1. The van der Waals surface area contributed by atoms with Crippen LogP contribution in [0.25, 0.3) is 11.0 Å². The number of fused-ring (bicyclic) bond motifs is 1. The molecule has 0 aromatic carbocycles. The molecule has 282 valence electrons. The van der Waals surface area contributed by atoms with Crippen molar-refractivity contribution >= 4 is 44.3 Å². The van der Waals surface area contributed by atoms with Crippen molar-refractivity contribution in [2.45, 2.75) is 187 Å². The van der Waals surface area contributed by atoms with E-state index in [1.54, 1.807) is 6.33 Å². The van der Waals surface area contributed by atoms with E-state index >= 15 is 0 Å². The summed E-state index contributed by atoms with van der Waals surface area (Å²) >= 11 is 0. The summed E-state index contributed by atoms with van der Waals surface area (Å²) < 4.78 is 37.1. The lowest BCUT2D eigenvalue weighted by Gasteiger charge is -2.44. The number of nitrogens with zero attached hydrogens (tertiary/aromatic N) is 2. The highest BCUT2D eigenvalue weighted by Gasteiger charge is 2.55. The van der Waals surface area contributed by atoms with Crippen molar-refractivity contribution in [1.29, 1.82) is 0 Å². The first-order chi connectivity index (χ1) is 21.7. The first-order valence-corrected chi connectivity index (χ1v) is 29.7. The molecular formula is C36H71N3O6Si4. The fourth-order valence-corrected chi connectivity index (χ4v) is 9.29. The summed E-state index contributed by atoms with van der Waals surface area (Å²) in [4.78, 5) is 21.1. The van der Waals surface area contributed by atoms with Crippen molar-refractivity contribution in [3.63, 3.8) is 0 Å². The van der Waals surface area contributed by atoms with E-state index in [4.69, 9.17) is 22.4 Å². The maximum absolute atomic E-state index is 13.4. The number of rotatable bonds is 11. The van der Waals surface area contributed by atoms with E-state index in [-0.39, 0.29) is 37.9 Å². The number of aromatic nitrogens is 3. The molecule has 1 aliphatic rings. The minimum atomic E-state index is -2.34. The van der Waals surface area contributed by atoms with Gasteiger partial charge in [-0.2, -0.15) is 0 Å². The standard InChI is InChI=1S/C36H71N3O6Si4/c1-33(2,3)46(13,14)41-22-25-21-26-28(31(40)38-25)37-24-39(26)32-30(45-49(19,20)36(10,11)12)29(44-48(17,18)35(7,8)9)27(43-32)23-42-47(15,16)34(4,5)6/h21,24,27,29-30,32H,22-23H2,1-20H3,(H,38,40)/t27-,29-,30-,32-/m1/s1. The van der Waals surface area contributed by atoms with Crippen LogP contribution < -0.4 is 5.56 Å². The van der Waals surface area contributed by atoms with Gasteiger partial charge in [-0.3, -0.25) is 4.79 Å². The smallest absolute Gasteiger partial charge is 0.276 e. The van der Waals surface area contributed by atoms with Crippen LogP contribution in [0.2, 0.25) is 72.5 Å². The van der Waals surface area contributed by atoms with Gasteiger partial charge in [-0.1, -0.05) is 83.1 Å². The molecule has 2 aromatic heterocycles. The zero-order chi connectivity index (χ0) is 38.0. The first kappa shape index (κ1) is 42.5. The summed E-state index contributed by atoms with van der Waals surface area (Å²) in [5.41, 5.74) is 1.55. The van der Waals surface area contributed by atoms with Crippen molar-refractivity contribution in [3.05, 3.63) is 28.4 Å². The zero-order valence-corrected chi connectivity index (χ0v) is 38.7. The topological polar surface area (TPSA) is 96.8 Å². The highest BCUT2D eigenvalue weighted by molar-refractivity contribution is 6.75. The van der Waals surface area contributed by atoms with Gasteiger partial charge in [-0.15, -0.1) is 0 Å². The molecule has 0 saturated carbocycles. The lowest BCUT2D eigenvalue weighted by Crippen LogP contribution is -2.54. The van der Waals surface area contributed by atoms with Crippen LogP contribution in [0.5, 0.6) is 0 Å². The van der Waals surface area contributed by atoms with E-state index < -0.39 is 45.6 Å². The van der Waals surface area contributed by atoms with E-state index in [2.05, 4.69) is 145 Å². The van der Waals surface area contributed by atoms with Crippen molar-refractivity contribution in [2.24, 2.45) is 0 Å². The van der Waals surface area contributed by atoms with Crippen molar-refractivity contribution in [1.82, 2.24) is 14.5 Å². The van der Waals surface area contributed by atoms with Crippen molar-refractivity contribution < 1.29 is 22.4 Å². The number of pyridine rings is 1. The average Bonchev–Trinajstić information content (AvgIpc) is 3.45. The lowest BCUT2D eigenvalue weighted by molar-refractivity contribution is -0.0468. The first-order valence-electron chi connectivity index (χ1n) is 18.1. The third-order valence-corrected chi connectivity index (χ3v) is 30.4. The molecule has 1 saturated heterocycles. The third kappa shape index (κ3) is 9.18. The van der Waals surface area contributed by atoms with E-state index in [1.807, 2.05) is 10.6 Å². The lowest BCUT2D eigenvalue weighted by atomic mass is 10.1. The predicted octanol–water partition coefficient (Wildman–Crippen LogP) is 9.95. The molecule has 3 rings (SSSR count). The van der Waals surface area contributed by atoms with Gasteiger partial charge in [-0.25, -0.2) is 4.98 Å². The van der Waals surface area contributed by atoms with Gasteiger partial charge in [-0.05, 0) is 78.6 Å². The van der Waals surface area contributed by atoms with Gasteiger partial charge < -0.3 is 32.0 Å². The molecule has 0 spiro atoms. The maximum Gasteiger partial charge on any atom is 0.276 e. The number of H-pyrrole nitrogens is 1. The minimum absolute atomic E-state index is 0.0223. The summed E-state index contributed by atoms with van der Waals surface area (Å²) in [6.07, 6.45) is -0.0232. The van der Waals surface area contributed by atoms with E-state index in [9.17, 15) is 4.79 Å². The molecule has 2 aromatic rings. The number of hydrogen-bond donors (Lipinski definition) is 1. The van der Waals surface area contributed by atoms with Crippen LogP contribution in [0.15, 0.2) is 17.2 Å². The monoisotopic (exact) mass is 753 g/mol. The fraction of sp³-hybridized carbons (Fsp3) is 0.833. The second kappa shape index (κ2) is 13.8. The molecule has 13 heteroatoms. The van der Waals surface area contributed by atoms with Crippen LogP contribution in [0.3, 0.4) is 0 Å². The normalized spacial score (nSPS) is 22.4. The predicted molar refractivity (Wildman–Crippen MR) is 214 cm³/mol. The number of aromatic amines is 1. The molecule has 3 heterocycles. The minimum Gasteiger partial charge on any atom is -0.414 e. The molecule has 0 unspecified atom stereocenters. The molecule has 4 atom stereocenters. The van der Waals surface area contributed by atoms with Crippen molar-refractivity contribution in [3.8, 4) is 0 Å². The molecule has 1 N–H and O–H groups in total. The van der Waals surface area contributed by atoms with E-state index in [1.165, 1.54) is 0 Å². The molecule has 0 amide bonds. The number of imidazole rings is 1. The molecule has 0 bridgehead atoms. The molecular weight excluding hydrogens is 683 g/mol. The number of nitrogens with one attached hydrogen (secondary N) is 1. The van der Waals surface area contributed by atoms with Crippen LogP contribution in [0, 0.1) is 0 Å². The average molecular weight is 754 g/mol. The quantitative estimate of drug-likeness (QED) is 0.228. The van der Waals surface area contributed by atoms with Crippen LogP contribution in [0.1, 0.15) is 95.0 Å². The third-order valence-electron chi connectivity index (χ3n) is 12.5. The Labute approximate surface area is 302 Å². The fourth-order valence-electron chi connectivity index (χ4n) is 4.72. The molecule has 0 radical (unpaired) electrons. The zero-order valence-electron chi connectivity index (χ0n) is 34.7. The van der Waals surface area contributed by atoms with Crippen LogP contribution in [0.4, 0.5) is 0 Å². The Morgan fingerprint density at radius 3 is 1.63 bits per heavy atom. The summed E-state index contributed by atoms with van der Waals surface area (Å²) in [7, 11) is -8.81. The Morgan fingerprint density at radius 2 is 1.16 bits per heavy atom. The summed E-state index contributed by atoms with van der Waals surface area (Å²) in [5, 5.41) is 0.0246. The Kier molecular flexibility index (Phi) is 12.0. The molecule has 0 aliphatic carbocycles. The van der Waals surface area contributed by atoms with E-state index in [0.29, 0.717) is 24.2 Å². The maximum atomic E-state index is 13.4. The van der Waals surface area contributed by atoms with Gasteiger partial charge in [0.1, 0.15) is 18.3 Å². The van der Waals surface area contributed by atoms with Gasteiger partial charge in [0.05, 0.1) is 25.1 Å².